The minimum Gasteiger partial charge on any atom is -0.326 e. The number of rotatable bonds is 7. The lowest BCUT2D eigenvalue weighted by Gasteiger charge is -2.37. The van der Waals surface area contributed by atoms with Crippen LogP contribution in [-0.2, 0) is 0 Å². The van der Waals surface area contributed by atoms with E-state index in [0.717, 1.165) is 18.5 Å². The number of hydrogen-bond acceptors (Lipinski definition) is 2. The Morgan fingerprint density at radius 3 is 2.55 bits per heavy atom. The second-order valence-electron chi connectivity index (χ2n) is 6.39. The summed E-state index contributed by atoms with van der Waals surface area (Å²) < 4.78 is 13.6. The average Bonchev–Trinajstić information content (AvgIpc) is 3.21. The highest BCUT2D eigenvalue weighted by molar-refractivity contribution is 5.22. The molecule has 0 amide bonds. The molecule has 1 fully saturated rings. The molecule has 1 aromatic rings. The van der Waals surface area contributed by atoms with Crippen molar-refractivity contribution in [2.75, 3.05) is 6.54 Å². The highest BCUT2D eigenvalue weighted by Crippen LogP contribution is 2.37. The van der Waals surface area contributed by atoms with Gasteiger partial charge < -0.3 is 5.73 Å². The molecule has 1 aromatic carbocycles. The average molecular weight is 278 g/mol. The molecule has 2 atom stereocenters. The molecule has 0 aliphatic heterocycles. The lowest BCUT2D eigenvalue weighted by atomic mass is 9.95. The van der Waals surface area contributed by atoms with Crippen LogP contribution in [0.2, 0.25) is 0 Å². The van der Waals surface area contributed by atoms with Gasteiger partial charge in [-0.15, -0.1) is 0 Å². The van der Waals surface area contributed by atoms with E-state index in [1.807, 2.05) is 6.07 Å². The Kier molecular flexibility index (Phi) is 5.17. The van der Waals surface area contributed by atoms with Gasteiger partial charge in [-0.2, -0.15) is 0 Å². The van der Waals surface area contributed by atoms with Crippen LogP contribution in [0.3, 0.4) is 0 Å². The maximum atomic E-state index is 13.6. The number of hydrogen-bond donors (Lipinski definition) is 1. The molecule has 1 saturated carbocycles. The van der Waals surface area contributed by atoms with Crippen LogP contribution in [0.5, 0.6) is 0 Å². The fourth-order valence-electron chi connectivity index (χ4n) is 2.92. The second-order valence-corrected chi connectivity index (χ2v) is 6.39. The van der Waals surface area contributed by atoms with Crippen molar-refractivity contribution in [2.24, 2.45) is 11.7 Å². The molecule has 2 rings (SSSR count). The van der Waals surface area contributed by atoms with Crippen molar-refractivity contribution in [3.63, 3.8) is 0 Å². The van der Waals surface area contributed by atoms with Crippen LogP contribution in [0.25, 0.3) is 0 Å². The maximum Gasteiger partial charge on any atom is 0.123 e. The first-order valence-electron chi connectivity index (χ1n) is 7.79. The summed E-state index contributed by atoms with van der Waals surface area (Å²) in [4.78, 5) is 2.51. The summed E-state index contributed by atoms with van der Waals surface area (Å²) in [6.07, 6.45) is 3.40. The van der Waals surface area contributed by atoms with Crippen molar-refractivity contribution < 1.29 is 4.39 Å². The normalized spacial score (nSPS) is 18.6. The molecule has 3 heteroatoms. The Bertz CT molecular complexity index is 429. The minimum atomic E-state index is -0.170. The number of benzene rings is 1. The highest BCUT2D eigenvalue weighted by atomic mass is 19.1. The van der Waals surface area contributed by atoms with E-state index in [4.69, 9.17) is 5.73 Å². The van der Waals surface area contributed by atoms with E-state index in [1.54, 1.807) is 12.1 Å². The van der Waals surface area contributed by atoms with Gasteiger partial charge in [0.2, 0.25) is 0 Å². The molecule has 0 saturated heterocycles. The third-order valence-electron chi connectivity index (χ3n) is 4.02. The molecule has 2 N–H and O–H groups in total. The highest BCUT2D eigenvalue weighted by Gasteiger charge is 2.37. The lowest BCUT2D eigenvalue weighted by Crippen LogP contribution is -2.43. The van der Waals surface area contributed by atoms with Gasteiger partial charge in [0.1, 0.15) is 5.82 Å². The quantitative estimate of drug-likeness (QED) is 0.823. The van der Waals surface area contributed by atoms with E-state index in [2.05, 4.69) is 25.7 Å². The van der Waals surface area contributed by atoms with Crippen LogP contribution < -0.4 is 5.73 Å². The summed E-state index contributed by atoms with van der Waals surface area (Å²) in [5, 5.41) is 0. The van der Waals surface area contributed by atoms with Crippen LogP contribution in [0, 0.1) is 11.7 Å². The summed E-state index contributed by atoms with van der Waals surface area (Å²) in [7, 11) is 0. The van der Waals surface area contributed by atoms with Crippen molar-refractivity contribution >= 4 is 0 Å². The molecule has 0 spiro atoms. The van der Waals surface area contributed by atoms with Crippen molar-refractivity contribution in [3.8, 4) is 0 Å². The molecule has 0 bridgehead atoms. The zero-order chi connectivity index (χ0) is 14.7. The molecule has 1 aliphatic rings. The summed E-state index contributed by atoms with van der Waals surface area (Å²) in [5.74, 6) is 0.423. The van der Waals surface area contributed by atoms with Gasteiger partial charge in [-0.1, -0.05) is 32.9 Å². The topological polar surface area (TPSA) is 29.3 Å². The smallest absolute Gasteiger partial charge is 0.123 e. The zero-order valence-electron chi connectivity index (χ0n) is 12.8. The Morgan fingerprint density at radius 1 is 1.35 bits per heavy atom. The number of halogens is 1. The molecule has 2 nitrogen and oxygen atoms in total. The van der Waals surface area contributed by atoms with E-state index in [-0.39, 0.29) is 17.9 Å². The van der Waals surface area contributed by atoms with Crippen LogP contribution in [0.15, 0.2) is 24.3 Å². The van der Waals surface area contributed by atoms with E-state index < -0.39 is 0 Å². The molecule has 112 valence electrons. The maximum absolute atomic E-state index is 13.6. The van der Waals surface area contributed by atoms with Gasteiger partial charge in [0.25, 0.3) is 0 Å². The van der Waals surface area contributed by atoms with Crippen molar-refractivity contribution in [3.05, 3.63) is 35.6 Å². The fraction of sp³-hybridized carbons (Fsp3) is 0.647. The summed E-state index contributed by atoms with van der Waals surface area (Å²) >= 11 is 0. The van der Waals surface area contributed by atoms with E-state index in [1.165, 1.54) is 18.9 Å². The Hall–Kier alpha value is -0.930. The van der Waals surface area contributed by atoms with Gasteiger partial charge in [0.15, 0.2) is 0 Å². The third kappa shape index (κ3) is 3.80. The molecular formula is C17H27FN2. The van der Waals surface area contributed by atoms with Crippen LogP contribution in [0.1, 0.15) is 51.6 Å². The van der Waals surface area contributed by atoms with Gasteiger partial charge >= 0.3 is 0 Å². The van der Waals surface area contributed by atoms with Crippen LogP contribution in [-0.4, -0.2) is 23.5 Å². The summed E-state index contributed by atoms with van der Waals surface area (Å²) in [6.45, 7) is 7.60. The Balaban J connectivity index is 2.29. The van der Waals surface area contributed by atoms with Gasteiger partial charge in [-0.05, 0) is 42.9 Å². The minimum absolute atomic E-state index is 0.0520. The van der Waals surface area contributed by atoms with Crippen LogP contribution in [0.4, 0.5) is 4.39 Å². The van der Waals surface area contributed by atoms with E-state index in [0.29, 0.717) is 12.0 Å². The van der Waals surface area contributed by atoms with Gasteiger partial charge in [-0.3, -0.25) is 4.90 Å². The molecule has 1 aliphatic carbocycles. The van der Waals surface area contributed by atoms with Crippen LogP contribution >= 0.6 is 0 Å². The molecule has 20 heavy (non-hydrogen) atoms. The zero-order valence-corrected chi connectivity index (χ0v) is 12.8. The number of nitrogens with two attached hydrogens (primary N) is 1. The number of nitrogens with zero attached hydrogens (tertiary/aromatic N) is 1. The van der Waals surface area contributed by atoms with E-state index in [9.17, 15) is 4.39 Å². The summed E-state index contributed by atoms with van der Waals surface area (Å²) in [6, 6.07) is 7.77. The van der Waals surface area contributed by atoms with E-state index >= 15 is 0 Å². The molecule has 2 unspecified atom stereocenters. The van der Waals surface area contributed by atoms with Crippen molar-refractivity contribution in [1.29, 1.82) is 0 Å². The first kappa shape index (κ1) is 15.5. The molecule has 0 heterocycles. The van der Waals surface area contributed by atoms with Gasteiger partial charge in [-0.25, -0.2) is 4.39 Å². The molecule has 0 aromatic heterocycles. The SMILES string of the molecule is CCC(N)C(c1cccc(F)c1)N(CC(C)C)C1CC1. The first-order valence-corrected chi connectivity index (χ1v) is 7.79. The third-order valence-corrected chi connectivity index (χ3v) is 4.02. The predicted octanol–water partition coefficient (Wildman–Crippen LogP) is 3.72. The summed E-state index contributed by atoms with van der Waals surface area (Å²) in [5.41, 5.74) is 7.40. The van der Waals surface area contributed by atoms with Gasteiger partial charge in [0.05, 0.1) is 6.04 Å². The van der Waals surface area contributed by atoms with Crippen molar-refractivity contribution in [2.45, 2.75) is 58.2 Å². The molecular weight excluding hydrogens is 251 g/mol. The Labute approximate surface area is 122 Å². The Morgan fingerprint density at radius 2 is 2.05 bits per heavy atom. The largest absolute Gasteiger partial charge is 0.326 e. The monoisotopic (exact) mass is 278 g/mol. The standard InChI is InChI=1S/C17H27FN2/c1-4-16(19)17(13-6-5-7-14(18)10-13)20(11-12(2)3)15-8-9-15/h5-7,10,12,15-17H,4,8-9,11,19H2,1-3H3. The first-order chi connectivity index (χ1) is 9.52. The van der Waals surface area contributed by atoms with Gasteiger partial charge in [0, 0.05) is 18.6 Å². The fourth-order valence-corrected chi connectivity index (χ4v) is 2.92. The predicted molar refractivity (Wildman–Crippen MR) is 82.0 cm³/mol. The van der Waals surface area contributed by atoms with Crippen molar-refractivity contribution in [1.82, 2.24) is 4.90 Å². The second kappa shape index (κ2) is 6.68. The molecule has 0 radical (unpaired) electrons. The lowest BCUT2D eigenvalue weighted by molar-refractivity contribution is 0.141.